The third-order valence-corrected chi connectivity index (χ3v) is 5.38. The van der Waals surface area contributed by atoms with Crippen LogP contribution in [0.1, 0.15) is 24.8 Å². The van der Waals surface area contributed by atoms with Gasteiger partial charge in [-0.15, -0.1) is 0 Å². The van der Waals surface area contributed by atoms with Gasteiger partial charge in [-0.05, 0) is 37.0 Å². The van der Waals surface area contributed by atoms with Crippen molar-refractivity contribution in [2.45, 2.75) is 31.9 Å². The van der Waals surface area contributed by atoms with E-state index in [2.05, 4.69) is 4.99 Å². The fraction of sp³-hybridized carbons (Fsp3) is 0.526. The predicted octanol–water partition coefficient (Wildman–Crippen LogP) is 0.818. The highest BCUT2D eigenvalue weighted by molar-refractivity contribution is 5.83. The number of carbonyl (C=O) groups is 2. The number of likely N-dealkylation sites (tertiary alicyclic amines) is 2. The molecule has 1 unspecified atom stereocenters. The second kappa shape index (κ2) is 9.42. The number of amides is 2. The van der Waals surface area contributed by atoms with Gasteiger partial charge in [-0.1, -0.05) is 0 Å². The highest BCUT2D eigenvalue weighted by atomic mass is 16.6. The Kier molecular flexibility index (Phi) is 6.70. The lowest BCUT2D eigenvalue weighted by atomic mass is 9.99. The number of guanidine groups is 1. The lowest BCUT2D eigenvalue weighted by Crippen LogP contribution is -2.42. The summed E-state index contributed by atoms with van der Waals surface area (Å²) in [4.78, 5) is 43.1. The first-order valence-corrected chi connectivity index (χ1v) is 9.87. The number of rotatable bonds is 6. The van der Waals surface area contributed by atoms with Crippen LogP contribution >= 0.6 is 0 Å². The Hall–Kier alpha value is -3.37. The van der Waals surface area contributed by atoms with Crippen LogP contribution in [0.5, 0.6) is 0 Å². The van der Waals surface area contributed by atoms with Crippen LogP contribution in [-0.2, 0) is 16.1 Å². The van der Waals surface area contributed by atoms with Gasteiger partial charge in [0.15, 0.2) is 12.0 Å². The highest BCUT2D eigenvalue weighted by Crippen LogP contribution is 2.25. The van der Waals surface area contributed by atoms with Crippen molar-refractivity contribution in [1.82, 2.24) is 9.80 Å². The Morgan fingerprint density at radius 1 is 1.17 bits per heavy atom. The minimum Gasteiger partial charge on any atom is -0.459 e. The summed E-state index contributed by atoms with van der Waals surface area (Å²) in [5.74, 6) is -1.07. The number of esters is 1. The van der Waals surface area contributed by atoms with E-state index in [4.69, 9.17) is 16.2 Å². The standard InChI is InChI=1S/C19H26N6O5/c20-18(21)22-16(14-7-10-24(11-14)19(27)23-8-1-2-9-23)17(26)30-12-13-3-5-15(6-4-13)25(28)29/h3-6,14,16H,1-2,7-12H2,(H4,20,21,22)/t14-,16?/m0/s1. The molecule has 11 heteroatoms. The molecule has 0 spiro atoms. The fourth-order valence-electron chi connectivity index (χ4n) is 3.79. The van der Waals surface area contributed by atoms with Gasteiger partial charge in [0, 0.05) is 44.2 Å². The van der Waals surface area contributed by atoms with E-state index < -0.39 is 16.9 Å². The summed E-state index contributed by atoms with van der Waals surface area (Å²) in [5, 5.41) is 10.7. The van der Waals surface area contributed by atoms with Crippen LogP contribution in [0.2, 0.25) is 0 Å². The topological polar surface area (TPSA) is 157 Å². The van der Waals surface area contributed by atoms with Crippen molar-refractivity contribution in [3.8, 4) is 0 Å². The number of carbonyl (C=O) groups excluding carboxylic acids is 2. The van der Waals surface area contributed by atoms with Gasteiger partial charge < -0.3 is 26.0 Å². The summed E-state index contributed by atoms with van der Waals surface area (Å²) in [5.41, 5.74) is 11.6. The molecule has 3 rings (SSSR count). The van der Waals surface area contributed by atoms with Crippen molar-refractivity contribution in [3.63, 3.8) is 0 Å². The molecule has 162 valence electrons. The summed E-state index contributed by atoms with van der Waals surface area (Å²) < 4.78 is 5.36. The molecule has 2 aliphatic rings. The lowest BCUT2D eigenvalue weighted by molar-refractivity contribution is -0.384. The second-order valence-electron chi connectivity index (χ2n) is 7.50. The molecule has 2 atom stereocenters. The van der Waals surface area contributed by atoms with Gasteiger partial charge in [-0.2, -0.15) is 0 Å². The monoisotopic (exact) mass is 418 g/mol. The Labute approximate surface area is 173 Å². The zero-order valence-electron chi connectivity index (χ0n) is 16.6. The Morgan fingerprint density at radius 3 is 2.43 bits per heavy atom. The average molecular weight is 418 g/mol. The van der Waals surface area contributed by atoms with Crippen molar-refractivity contribution < 1.29 is 19.2 Å². The van der Waals surface area contributed by atoms with Crippen LogP contribution in [0.25, 0.3) is 0 Å². The third-order valence-electron chi connectivity index (χ3n) is 5.38. The second-order valence-corrected chi connectivity index (χ2v) is 7.50. The molecule has 0 aromatic heterocycles. The van der Waals surface area contributed by atoms with Crippen LogP contribution in [-0.4, -0.2) is 64.9 Å². The molecular weight excluding hydrogens is 392 g/mol. The lowest BCUT2D eigenvalue weighted by Gasteiger charge is -2.24. The summed E-state index contributed by atoms with van der Waals surface area (Å²) >= 11 is 0. The minimum absolute atomic E-state index is 0.0160. The molecule has 2 amide bonds. The number of hydrogen-bond acceptors (Lipinski definition) is 6. The number of nitro benzene ring substituents is 1. The zero-order chi connectivity index (χ0) is 21.7. The SMILES string of the molecule is NC(N)=NC(C(=O)OCc1ccc([N+](=O)[O-])cc1)[C@H]1CCN(C(=O)N2CCCC2)C1. The highest BCUT2D eigenvalue weighted by Gasteiger charge is 2.38. The van der Waals surface area contributed by atoms with E-state index in [9.17, 15) is 19.7 Å². The minimum atomic E-state index is -0.913. The smallest absolute Gasteiger partial charge is 0.331 e. The van der Waals surface area contributed by atoms with E-state index in [1.54, 1.807) is 4.90 Å². The zero-order valence-corrected chi connectivity index (χ0v) is 16.6. The quantitative estimate of drug-likeness (QED) is 0.227. The van der Waals surface area contributed by atoms with Crippen LogP contribution in [0.4, 0.5) is 10.5 Å². The normalized spacial score (nSPS) is 19.4. The first kappa shape index (κ1) is 21.3. The van der Waals surface area contributed by atoms with E-state index in [1.165, 1.54) is 24.3 Å². The van der Waals surface area contributed by atoms with Crippen molar-refractivity contribution in [3.05, 3.63) is 39.9 Å². The van der Waals surface area contributed by atoms with Crippen molar-refractivity contribution in [2.24, 2.45) is 22.4 Å². The number of nitrogens with zero attached hydrogens (tertiary/aromatic N) is 4. The molecule has 4 N–H and O–H groups in total. The van der Waals surface area contributed by atoms with Crippen molar-refractivity contribution in [2.75, 3.05) is 26.2 Å². The number of non-ortho nitro benzene ring substituents is 1. The largest absolute Gasteiger partial charge is 0.459 e. The van der Waals surface area contributed by atoms with Gasteiger partial charge in [-0.3, -0.25) is 10.1 Å². The van der Waals surface area contributed by atoms with E-state index in [-0.39, 0.29) is 30.2 Å². The fourth-order valence-corrected chi connectivity index (χ4v) is 3.79. The van der Waals surface area contributed by atoms with Gasteiger partial charge in [-0.25, -0.2) is 14.6 Å². The summed E-state index contributed by atoms with van der Waals surface area (Å²) in [6.07, 6.45) is 2.61. The maximum absolute atomic E-state index is 12.7. The van der Waals surface area contributed by atoms with Crippen molar-refractivity contribution >= 4 is 23.6 Å². The van der Waals surface area contributed by atoms with Crippen LogP contribution < -0.4 is 11.5 Å². The number of nitro groups is 1. The molecule has 30 heavy (non-hydrogen) atoms. The average Bonchev–Trinajstić information content (AvgIpc) is 3.42. The number of aliphatic imine (C=N–C) groups is 1. The van der Waals surface area contributed by atoms with E-state index >= 15 is 0 Å². The first-order valence-electron chi connectivity index (χ1n) is 9.87. The predicted molar refractivity (Wildman–Crippen MR) is 108 cm³/mol. The van der Waals surface area contributed by atoms with Gasteiger partial charge in [0.25, 0.3) is 5.69 Å². The third kappa shape index (κ3) is 5.16. The first-order chi connectivity index (χ1) is 14.3. The maximum Gasteiger partial charge on any atom is 0.331 e. The molecule has 2 fully saturated rings. The molecule has 0 bridgehead atoms. The van der Waals surface area contributed by atoms with Crippen LogP contribution in [0, 0.1) is 16.0 Å². The molecule has 2 heterocycles. The Balaban J connectivity index is 1.60. The van der Waals surface area contributed by atoms with Gasteiger partial charge in [0.2, 0.25) is 0 Å². The molecule has 0 aliphatic carbocycles. The van der Waals surface area contributed by atoms with Gasteiger partial charge >= 0.3 is 12.0 Å². The van der Waals surface area contributed by atoms with Crippen LogP contribution in [0.3, 0.4) is 0 Å². The number of ether oxygens (including phenoxy) is 1. The molecule has 1 aromatic rings. The summed E-state index contributed by atoms with van der Waals surface area (Å²) in [6.45, 7) is 2.37. The Morgan fingerprint density at radius 2 is 1.83 bits per heavy atom. The van der Waals surface area contributed by atoms with E-state index in [0.29, 0.717) is 25.1 Å². The molecule has 2 aliphatic heterocycles. The molecule has 11 nitrogen and oxygen atoms in total. The van der Waals surface area contributed by atoms with E-state index in [1.807, 2.05) is 4.90 Å². The molecular formula is C19H26N6O5. The maximum atomic E-state index is 12.7. The number of nitrogens with two attached hydrogens (primary N) is 2. The summed E-state index contributed by atoms with van der Waals surface area (Å²) in [6, 6.07) is 4.80. The van der Waals surface area contributed by atoms with Gasteiger partial charge in [0.05, 0.1) is 4.92 Å². The van der Waals surface area contributed by atoms with Gasteiger partial charge in [0.1, 0.15) is 6.61 Å². The van der Waals surface area contributed by atoms with E-state index in [0.717, 1.165) is 25.9 Å². The number of urea groups is 1. The molecule has 2 saturated heterocycles. The number of benzene rings is 1. The van der Waals surface area contributed by atoms with Crippen molar-refractivity contribution in [1.29, 1.82) is 0 Å². The van der Waals surface area contributed by atoms with Crippen LogP contribution in [0.15, 0.2) is 29.3 Å². The number of hydrogen-bond donors (Lipinski definition) is 2. The molecule has 1 aromatic carbocycles. The Bertz CT molecular complexity index is 817. The summed E-state index contributed by atoms with van der Waals surface area (Å²) in [7, 11) is 0. The molecule has 0 saturated carbocycles. The molecule has 0 radical (unpaired) electrons.